The van der Waals surface area contributed by atoms with Gasteiger partial charge in [-0.1, -0.05) is 12.1 Å². The van der Waals surface area contributed by atoms with Gasteiger partial charge in [0.2, 0.25) is 5.95 Å². The molecule has 5 nitrogen and oxygen atoms in total. The van der Waals surface area contributed by atoms with E-state index in [4.69, 9.17) is 0 Å². The van der Waals surface area contributed by atoms with Gasteiger partial charge in [0.1, 0.15) is 0 Å². The topological polar surface area (TPSA) is 49.3 Å². The van der Waals surface area contributed by atoms with E-state index in [1.165, 1.54) is 0 Å². The quantitative estimate of drug-likeness (QED) is 0.766. The molecule has 0 unspecified atom stereocenters. The summed E-state index contributed by atoms with van der Waals surface area (Å²) in [5.74, 6) is 0.631. The molecular formula is C14H14N4O. The molecule has 0 spiro atoms. The Hall–Kier alpha value is -2.43. The molecule has 0 bridgehead atoms. The second-order valence-corrected chi connectivity index (χ2v) is 4.50. The summed E-state index contributed by atoms with van der Waals surface area (Å²) in [5.41, 5.74) is 2.75. The van der Waals surface area contributed by atoms with Gasteiger partial charge in [-0.25, -0.2) is 9.97 Å². The Labute approximate surface area is 111 Å². The molecule has 0 atom stereocenters. The van der Waals surface area contributed by atoms with Gasteiger partial charge in [0, 0.05) is 32.5 Å². The van der Waals surface area contributed by atoms with Crippen molar-refractivity contribution < 1.29 is 4.79 Å². The predicted octanol–water partition coefficient (Wildman–Crippen LogP) is 1.88. The van der Waals surface area contributed by atoms with Gasteiger partial charge in [0.15, 0.2) is 6.29 Å². The average Bonchev–Trinajstić information content (AvgIpc) is 2.48. The van der Waals surface area contributed by atoms with Crippen molar-refractivity contribution >= 4 is 23.6 Å². The molecule has 2 aromatic rings. The Morgan fingerprint density at radius 1 is 1.11 bits per heavy atom. The highest BCUT2D eigenvalue weighted by Crippen LogP contribution is 2.34. The molecule has 0 aliphatic carbocycles. The lowest BCUT2D eigenvalue weighted by molar-refractivity contribution is 0.112. The molecule has 1 aliphatic heterocycles. The SMILES string of the molecule is CN1CCN(c2ncc(C=O)cn2)c2ccccc21. The highest BCUT2D eigenvalue weighted by molar-refractivity contribution is 5.78. The summed E-state index contributed by atoms with van der Waals surface area (Å²) < 4.78 is 0. The van der Waals surface area contributed by atoms with Crippen molar-refractivity contribution in [3.05, 3.63) is 42.2 Å². The molecule has 96 valence electrons. The standard InChI is InChI=1S/C14H14N4O/c1-17-6-7-18(13-5-3-2-4-12(13)17)14-15-8-11(10-19)9-16-14/h2-5,8-10H,6-7H2,1H3. The summed E-state index contributed by atoms with van der Waals surface area (Å²) in [6.07, 6.45) is 3.86. The van der Waals surface area contributed by atoms with E-state index in [9.17, 15) is 4.79 Å². The third-order valence-electron chi connectivity index (χ3n) is 3.28. The van der Waals surface area contributed by atoms with Crippen molar-refractivity contribution in [2.24, 2.45) is 0 Å². The van der Waals surface area contributed by atoms with E-state index in [1.807, 2.05) is 12.1 Å². The van der Waals surface area contributed by atoms with Crippen molar-refractivity contribution in [1.29, 1.82) is 0 Å². The molecule has 1 aliphatic rings. The van der Waals surface area contributed by atoms with Crippen molar-refractivity contribution in [3.8, 4) is 0 Å². The number of carbonyl (C=O) groups is 1. The molecule has 0 fully saturated rings. The van der Waals surface area contributed by atoms with Crippen LogP contribution in [0.2, 0.25) is 0 Å². The highest BCUT2D eigenvalue weighted by Gasteiger charge is 2.22. The number of fused-ring (bicyclic) bond motifs is 1. The predicted molar refractivity (Wildman–Crippen MR) is 74.1 cm³/mol. The van der Waals surface area contributed by atoms with Gasteiger partial charge in [0.25, 0.3) is 0 Å². The van der Waals surface area contributed by atoms with Crippen molar-refractivity contribution in [2.45, 2.75) is 0 Å². The second-order valence-electron chi connectivity index (χ2n) is 4.50. The van der Waals surface area contributed by atoms with E-state index in [1.54, 1.807) is 12.4 Å². The van der Waals surface area contributed by atoms with Gasteiger partial charge in [-0.15, -0.1) is 0 Å². The molecule has 0 N–H and O–H groups in total. The first kappa shape index (κ1) is 11.6. The molecule has 0 saturated heterocycles. The molecule has 0 saturated carbocycles. The average molecular weight is 254 g/mol. The van der Waals surface area contributed by atoms with Gasteiger partial charge >= 0.3 is 0 Å². The van der Waals surface area contributed by atoms with Gasteiger partial charge in [-0.05, 0) is 12.1 Å². The first-order valence-corrected chi connectivity index (χ1v) is 6.14. The summed E-state index contributed by atoms with van der Waals surface area (Å²) in [7, 11) is 2.08. The van der Waals surface area contributed by atoms with Crippen molar-refractivity contribution in [2.75, 3.05) is 29.9 Å². The molecule has 3 rings (SSSR count). The number of hydrogen-bond acceptors (Lipinski definition) is 5. The van der Waals surface area contributed by atoms with Gasteiger partial charge in [-0.3, -0.25) is 4.79 Å². The van der Waals surface area contributed by atoms with E-state index >= 15 is 0 Å². The van der Waals surface area contributed by atoms with E-state index in [2.05, 4.69) is 38.9 Å². The summed E-state index contributed by atoms with van der Waals surface area (Å²) in [6, 6.07) is 8.17. The van der Waals surface area contributed by atoms with Gasteiger partial charge in [-0.2, -0.15) is 0 Å². The fourth-order valence-electron chi connectivity index (χ4n) is 2.25. The zero-order valence-electron chi connectivity index (χ0n) is 10.7. The van der Waals surface area contributed by atoms with Crippen LogP contribution >= 0.6 is 0 Å². The highest BCUT2D eigenvalue weighted by atomic mass is 16.1. The molecule has 1 aromatic carbocycles. The molecule has 0 amide bonds. The van der Waals surface area contributed by atoms with Crippen molar-refractivity contribution in [1.82, 2.24) is 9.97 Å². The van der Waals surface area contributed by atoms with Crippen LogP contribution in [0.25, 0.3) is 0 Å². The fraction of sp³-hybridized carbons (Fsp3) is 0.214. The zero-order valence-corrected chi connectivity index (χ0v) is 10.7. The third kappa shape index (κ3) is 2.03. The minimum absolute atomic E-state index is 0.492. The fourth-order valence-corrected chi connectivity index (χ4v) is 2.25. The first-order chi connectivity index (χ1) is 9.29. The minimum Gasteiger partial charge on any atom is -0.371 e. The number of anilines is 3. The Kier molecular flexibility index (Phi) is 2.87. The number of carbonyl (C=O) groups excluding carboxylic acids is 1. The molecular weight excluding hydrogens is 240 g/mol. The molecule has 5 heteroatoms. The van der Waals surface area contributed by atoms with Crippen LogP contribution in [0, 0.1) is 0 Å². The summed E-state index contributed by atoms with van der Waals surface area (Å²) in [5, 5.41) is 0. The maximum Gasteiger partial charge on any atom is 0.229 e. The number of para-hydroxylation sites is 2. The van der Waals surface area contributed by atoms with E-state index in [0.29, 0.717) is 11.5 Å². The molecule has 2 heterocycles. The lowest BCUT2D eigenvalue weighted by Crippen LogP contribution is -2.37. The zero-order chi connectivity index (χ0) is 13.2. The minimum atomic E-state index is 0.492. The maximum atomic E-state index is 10.6. The van der Waals surface area contributed by atoms with Crippen LogP contribution in [0.15, 0.2) is 36.7 Å². The monoisotopic (exact) mass is 254 g/mol. The van der Waals surface area contributed by atoms with Gasteiger partial charge < -0.3 is 9.80 Å². The second kappa shape index (κ2) is 4.68. The van der Waals surface area contributed by atoms with Crippen LogP contribution in [0.5, 0.6) is 0 Å². The molecule has 19 heavy (non-hydrogen) atoms. The van der Waals surface area contributed by atoms with Crippen LogP contribution < -0.4 is 9.80 Å². The van der Waals surface area contributed by atoms with Crippen molar-refractivity contribution in [3.63, 3.8) is 0 Å². The maximum absolute atomic E-state index is 10.6. The number of rotatable bonds is 2. The van der Waals surface area contributed by atoms with Crippen LogP contribution in [0.1, 0.15) is 10.4 Å². The Morgan fingerprint density at radius 3 is 2.47 bits per heavy atom. The number of aldehydes is 1. The largest absolute Gasteiger partial charge is 0.371 e. The molecule has 0 radical (unpaired) electrons. The Bertz CT molecular complexity index is 597. The lowest BCUT2D eigenvalue weighted by Gasteiger charge is -2.35. The van der Waals surface area contributed by atoms with Gasteiger partial charge in [0.05, 0.1) is 16.9 Å². The number of benzene rings is 1. The number of aromatic nitrogens is 2. The van der Waals surface area contributed by atoms with E-state index < -0.39 is 0 Å². The Morgan fingerprint density at radius 2 is 1.79 bits per heavy atom. The summed E-state index contributed by atoms with van der Waals surface area (Å²) in [4.78, 5) is 23.4. The van der Waals surface area contributed by atoms with Crippen LogP contribution in [0.3, 0.4) is 0 Å². The van der Waals surface area contributed by atoms with E-state index in [0.717, 1.165) is 30.8 Å². The summed E-state index contributed by atoms with van der Waals surface area (Å²) >= 11 is 0. The van der Waals surface area contributed by atoms with Crippen LogP contribution in [-0.4, -0.2) is 36.4 Å². The van der Waals surface area contributed by atoms with Crippen LogP contribution in [-0.2, 0) is 0 Å². The number of hydrogen-bond donors (Lipinski definition) is 0. The number of nitrogens with zero attached hydrogens (tertiary/aromatic N) is 4. The number of likely N-dealkylation sites (N-methyl/N-ethyl adjacent to an activating group) is 1. The lowest BCUT2D eigenvalue weighted by atomic mass is 10.2. The van der Waals surface area contributed by atoms with Crippen LogP contribution in [0.4, 0.5) is 17.3 Å². The normalized spacial score (nSPS) is 14.2. The smallest absolute Gasteiger partial charge is 0.229 e. The Balaban J connectivity index is 2.01. The third-order valence-corrected chi connectivity index (χ3v) is 3.28. The first-order valence-electron chi connectivity index (χ1n) is 6.14. The summed E-state index contributed by atoms with van der Waals surface area (Å²) in [6.45, 7) is 1.74. The molecule has 1 aromatic heterocycles. The van der Waals surface area contributed by atoms with E-state index in [-0.39, 0.29) is 0 Å².